The van der Waals surface area contributed by atoms with Crippen LogP contribution in [0.1, 0.15) is 0 Å². The molecular formula is C97H63N9. The molecule has 0 atom stereocenters. The van der Waals surface area contributed by atoms with E-state index in [0.717, 1.165) is 95.0 Å². The van der Waals surface area contributed by atoms with Gasteiger partial charge in [-0.05, 0) is 125 Å². The molecule has 0 bridgehead atoms. The predicted octanol–water partition coefficient (Wildman–Crippen LogP) is 24.4. The van der Waals surface area contributed by atoms with E-state index in [4.69, 9.17) is 24.9 Å². The van der Waals surface area contributed by atoms with Crippen LogP contribution < -0.4 is 0 Å². The molecule has 0 spiro atoms. The van der Waals surface area contributed by atoms with Crippen LogP contribution in [0.5, 0.6) is 0 Å². The highest BCUT2D eigenvalue weighted by Crippen LogP contribution is 2.42. The van der Waals surface area contributed by atoms with E-state index in [2.05, 4.69) is 328 Å². The number of fused-ring (bicyclic) bond motifs is 12. The van der Waals surface area contributed by atoms with Gasteiger partial charge in [-0.1, -0.05) is 279 Å². The summed E-state index contributed by atoms with van der Waals surface area (Å²) < 4.78 is 9.32. The van der Waals surface area contributed by atoms with Crippen LogP contribution in [0.15, 0.2) is 382 Å². The van der Waals surface area contributed by atoms with E-state index in [1.807, 2.05) is 72.8 Å². The molecule has 0 saturated heterocycles. The molecule has 106 heavy (non-hydrogen) atoms. The van der Waals surface area contributed by atoms with Gasteiger partial charge in [0.15, 0.2) is 17.5 Å². The minimum absolute atomic E-state index is 0.629. The van der Waals surface area contributed by atoms with Crippen molar-refractivity contribution < 1.29 is 0 Å². The first-order valence-electron chi connectivity index (χ1n) is 35.8. The van der Waals surface area contributed by atoms with Crippen LogP contribution in [0, 0.1) is 0 Å². The maximum Gasteiger partial charge on any atom is 0.235 e. The second-order valence-electron chi connectivity index (χ2n) is 26.8. The minimum Gasteiger partial charge on any atom is -0.309 e. The van der Waals surface area contributed by atoms with Crippen LogP contribution in [0.4, 0.5) is 0 Å². The molecule has 0 aliphatic heterocycles. The quantitative estimate of drug-likeness (QED) is 0.129. The summed E-state index contributed by atoms with van der Waals surface area (Å²) in [5.74, 6) is 2.56. The fourth-order valence-corrected chi connectivity index (χ4v) is 15.6. The molecule has 21 rings (SSSR count). The molecule has 0 unspecified atom stereocenters. The Hall–Kier alpha value is -14.4. The van der Waals surface area contributed by atoms with Crippen molar-refractivity contribution in [3.63, 3.8) is 0 Å². The van der Waals surface area contributed by atoms with Crippen LogP contribution in [0.2, 0.25) is 0 Å². The summed E-state index contributed by atoms with van der Waals surface area (Å²) in [5.41, 5.74) is 23.9. The van der Waals surface area contributed by atoms with Crippen LogP contribution in [-0.4, -0.2) is 43.2 Å². The third-order valence-electron chi connectivity index (χ3n) is 20.5. The Labute approximate surface area is 610 Å². The largest absolute Gasteiger partial charge is 0.309 e. The van der Waals surface area contributed by atoms with E-state index in [9.17, 15) is 0 Å². The molecule has 9 heteroatoms. The number of benzene rings is 15. The Morgan fingerprint density at radius 3 is 0.877 bits per heavy atom. The van der Waals surface area contributed by atoms with Crippen molar-refractivity contribution in [3.05, 3.63) is 382 Å². The maximum atomic E-state index is 5.23. The lowest BCUT2D eigenvalue weighted by atomic mass is 10.0. The highest BCUT2D eigenvalue weighted by Gasteiger charge is 2.22. The third-order valence-corrected chi connectivity index (χ3v) is 20.5. The molecule has 9 nitrogen and oxygen atoms in total. The van der Waals surface area contributed by atoms with Gasteiger partial charge in [-0.25, -0.2) is 24.9 Å². The minimum atomic E-state index is 0.629. The van der Waals surface area contributed by atoms with Crippen molar-refractivity contribution in [2.45, 2.75) is 0 Å². The van der Waals surface area contributed by atoms with Gasteiger partial charge in [0.25, 0.3) is 0 Å². The molecule has 0 N–H and O–H groups in total. The number of hydrogen-bond acceptors (Lipinski definition) is 5. The Balaban J connectivity index is 0.000000141. The smallest absolute Gasteiger partial charge is 0.235 e. The van der Waals surface area contributed by atoms with Crippen LogP contribution >= 0.6 is 0 Å². The molecule has 6 heterocycles. The highest BCUT2D eigenvalue weighted by atomic mass is 15.2. The van der Waals surface area contributed by atoms with Crippen LogP contribution in [0.3, 0.4) is 0 Å². The van der Waals surface area contributed by atoms with Crippen molar-refractivity contribution in [3.8, 4) is 102 Å². The lowest BCUT2D eigenvalue weighted by Crippen LogP contribution is -2.04. The Morgan fingerprint density at radius 2 is 0.443 bits per heavy atom. The molecule has 15 aromatic carbocycles. The molecule has 21 aromatic rings. The van der Waals surface area contributed by atoms with E-state index < -0.39 is 0 Å². The molecule has 0 aliphatic carbocycles. The van der Waals surface area contributed by atoms with Gasteiger partial charge in [0.2, 0.25) is 5.95 Å². The lowest BCUT2D eigenvalue weighted by Gasteiger charge is -2.12. The van der Waals surface area contributed by atoms with Crippen molar-refractivity contribution in [1.29, 1.82) is 0 Å². The zero-order valence-electron chi connectivity index (χ0n) is 57.4. The standard InChI is InChI=1S/C51H33N5.C46H30N4/c1-4-15-34(16-5-1)49-52-50(35-17-6-2-7-18-35)54-51(53-49)38-19-14-22-40(31-38)56-45-25-12-10-23-41(45)43-29-27-37(33-48(43)56)36-28-30-47-44(32-36)42-24-11-13-26-46(42)55(47)39-20-8-3-9-21-39;1-4-14-31(15-5-1)40-30-41(32-16-6-2-7-17-32)48-46(47-40)50-43-23-13-10-20-36(43)38-26-24-34(29-45(38)50)33-25-27-44-39(28-33)37-21-11-12-22-42(37)49(44)35-18-8-3-9-19-35/h1-33H;1-30H. The third kappa shape index (κ3) is 10.8. The van der Waals surface area contributed by atoms with Crippen molar-refractivity contribution >= 4 is 87.2 Å². The summed E-state index contributed by atoms with van der Waals surface area (Å²) in [5, 5.41) is 9.69. The van der Waals surface area contributed by atoms with Crippen molar-refractivity contribution in [2.24, 2.45) is 0 Å². The second kappa shape index (κ2) is 25.9. The summed E-state index contributed by atoms with van der Waals surface area (Å²) in [6.45, 7) is 0. The second-order valence-corrected chi connectivity index (χ2v) is 26.8. The van der Waals surface area contributed by atoms with Crippen molar-refractivity contribution in [1.82, 2.24) is 43.2 Å². The van der Waals surface area contributed by atoms with E-state index in [1.54, 1.807) is 0 Å². The van der Waals surface area contributed by atoms with Gasteiger partial charge in [0.05, 0.1) is 55.5 Å². The topological polar surface area (TPSA) is 84.2 Å². The highest BCUT2D eigenvalue weighted by molar-refractivity contribution is 6.14. The molecule has 6 aromatic heterocycles. The molecule has 0 aliphatic rings. The monoisotopic (exact) mass is 1350 g/mol. The van der Waals surface area contributed by atoms with Crippen LogP contribution in [0.25, 0.3) is 189 Å². The molecular weight excluding hydrogens is 1290 g/mol. The molecule has 0 saturated carbocycles. The first-order valence-corrected chi connectivity index (χ1v) is 35.8. The molecule has 0 fully saturated rings. The summed E-state index contributed by atoms with van der Waals surface area (Å²) in [6, 6.07) is 135. The average molecular weight is 1350 g/mol. The SMILES string of the molecule is c1ccc(-c2cc(-c3ccccc3)nc(-n3c4ccccc4c4ccc(-c5ccc6c(c5)c5ccccc5n6-c5ccccc5)cc43)n2)cc1.c1ccc(-c2nc(-c3ccccc3)nc(-c3cccc(-n4c5ccccc5c5ccc(-c6ccc7c(c6)c6ccccc6n7-c6ccccc6)cc54)c3)n2)cc1. The van der Waals surface area contributed by atoms with Gasteiger partial charge < -0.3 is 13.7 Å². The van der Waals surface area contributed by atoms with E-state index in [-0.39, 0.29) is 0 Å². The van der Waals surface area contributed by atoms with Gasteiger partial charge >= 0.3 is 0 Å². The number of aromatic nitrogens is 9. The normalized spacial score (nSPS) is 11.6. The average Bonchev–Trinajstić information content (AvgIpc) is 1.59. The Bertz CT molecular complexity index is 6810. The van der Waals surface area contributed by atoms with E-state index >= 15 is 0 Å². The van der Waals surface area contributed by atoms with Gasteiger partial charge in [-0.3, -0.25) is 4.57 Å². The van der Waals surface area contributed by atoms with Gasteiger partial charge in [-0.15, -0.1) is 0 Å². The first kappa shape index (κ1) is 61.5. The summed E-state index contributed by atoms with van der Waals surface area (Å²) in [6.07, 6.45) is 0. The molecule has 0 radical (unpaired) electrons. The zero-order valence-corrected chi connectivity index (χ0v) is 57.4. The van der Waals surface area contributed by atoms with Crippen molar-refractivity contribution in [2.75, 3.05) is 0 Å². The van der Waals surface area contributed by atoms with Crippen LogP contribution in [-0.2, 0) is 0 Å². The summed E-state index contributed by atoms with van der Waals surface area (Å²) in [7, 11) is 0. The fraction of sp³-hybridized carbons (Fsp3) is 0. The van der Waals surface area contributed by atoms with Gasteiger partial charge in [-0.2, -0.15) is 0 Å². The van der Waals surface area contributed by atoms with Gasteiger partial charge in [0, 0.05) is 88.0 Å². The van der Waals surface area contributed by atoms with E-state index in [0.29, 0.717) is 23.4 Å². The number of para-hydroxylation sites is 6. The first-order chi connectivity index (χ1) is 52.6. The maximum absolute atomic E-state index is 5.23. The fourth-order valence-electron chi connectivity index (χ4n) is 15.6. The van der Waals surface area contributed by atoms with E-state index in [1.165, 1.54) is 70.7 Å². The molecule has 0 amide bonds. The zero-order chi connectivity index (χ0) is 70.0. The number of nitrogens with zero attached hydrogens (tertiary/aromatic N) is 9. The Kier molecular flexibility index (Phi) is 15.0. The Morgan fingerprint density at radius 1 is 0.151 bits per heavy atom. The summed E-state index contributed by atoms with van der Waals surface area (Å²) >= 11 is 0. The number of rotatable bonds is 11. The summed E-state index contributed by atoms with van der Waals surface area (Å²) in [4.78, 5) is 25.4. The number of hydrogen-bond donors (Lipinski definition) is 0. The predicted molar refractivity (Wildman–Crippen MR) is 437 cm³/mol. The van der Waals surface area contributed by atoms with Gasteiger partial charge in [0.1, 0.15) is 0 Å². The molecule has 496 valence electrons. The lowest BCUT2D eigenvalue weighted by molar-refractivity contribution is 0.996.